The summed E-state index contributed by atoms with van der Waals surface area (Å²) >= 11 is 0. The number of anilines is 1. The van der Waals surface area contributed by atoms with Crippen LogP contribution in [0.15, 0.2) is 72.8 Å². The molecule has 0 aliphatic carbocycles. The molecule has 1 saturated heterocycles. The summed E-state index contributed by atoms with van der Waals surface area (Å²) in [5.41, 5.74) is 4.69. The first-order chi connectivity index (χ1) is 16.2. The van der Waals surface area contributed by atoms with Gasteiger partial charge in [-0.25, -0.2) is 0 Å². The quantitative estimate of drug-likeness (QED) is 0.464. The highest BCUT2D eigenvalue weighted by Crippen LogP contribution is 2.38. The molecule has 33 heavy (non-hydrogen) atoms. The molecule has 5 heteroatoms. The topological polar surface area (TPSA) is 48.0 Å². The lowest BCUT2D eigenvalue weighted by molar-refractivity contribution is -0.145. The van der Waals surface area contributed by atoms with E-state index in [4.69, 9.17) is 14.2 Å². The van der Waals surface area contributed by atoms with Crippen molar-refractivity contribution < 1.29 is 19.0 Å². The summed E-state index contributed by atoms with van der Waals surface area (Å²) in [4.78, 5) is 14.6. The van der Waals surface area contributed by atoms with Gasteiger partial charge in [-0.05, 0) is 34.7 Å². The Kier molecular flexibility index (Phi) is 6.20. The van der Waals surface area contributed by atoms with E-state index in [1.165, 1.54) is 16.8 Å². The SMILES string of the molecule is C[C@H](CC(=O)OCc1ccccc1)c1ccc(C2CN(c3ccc4c(c3)OCCO4)C2)cc1. The largest absolute Gasteiger partial charge is 0.486 e. The number of carbonyl (C=O) groups is 1. The van der Waals surface area contributed by atoms with E-state index in [0.717, 1.165) is 30.2 Å². The summed E-state index contributed by atoms with van der Waals surface area (Å²) < 4.78 is 16.8. The van der Waals surface area contributed by atoms with Crippen molar-refractivity contribution in [2.24, 2.45) is 0 Å². The molecule has 0 radical (unpaired) electrons. The van der Waals surface area contributed by atoms with Crippen LogP contribution in [0.5, 0.6) is 11.5 Å². The van der Waals surface area contributed by atoms with Crippen LogP contribution in [0.4, 0.5) is 5.69 Å². The lowest BCUT2D eigenvalue weighted by Gasteiger charge is -2.41. The van der Waals surface area contributed by atoms with E-state index in [-0.39, 0.29) is 11.9 Å². The molecule has 0 saturated carbocycles. The number of benzene rings is 3. The summed E-state index contributed by atoms with van der Waals surface area (Å²) in [7, 11) is 0. The van der Waals surface area contributed by atoms with Crippen molar-refractivity contribution in [3.05, 3.63) is 89.5 Å². The van der Waals surface area contributed by atoms with Crippen LogP contribution in [-0.2, 0) is 16.1 Å². The minimum atomic E-state index is -0.163. The van der Waals surface area contributed by atoms with Crippen molar-refractivity contribution in [1.82, 2.24) is 0 Å². The zero-order valence-corrected chi connectivity index (χ0v) is 18.9. The Morgan fingerprint density at radius 1 is 0.970 bits per heavy atom. The first-order valence-electron chi connectivity index (χ1n) is 11.6. The van der Waals surface area contributed by atoms with Crippen molar-refractivity contribution in [1.29, 1.82) is 0 Å². The average molecular weight is 444 g/mol. The van der Waals surface area contributed by atoms with Crippen molar-refractivity contribution >= 4 is 11.7 Å². The average Bonchev–Trinajstić information content (AvgIpc) is 2.83. The fourth-order valence-corrected chi connectivity index (χ4v) is 4.39. The Morgan fingerprint density at radius 3 is 2.45 bits per heavy atom. The van der Waals surface area contributed by atoms with Crippen molar-refractivity contribution in [3.63, 3.8) is 0 Å². The molecule has 170 valence electrons. The molecule has 0 unspecified atom stereocenters. The lowest BCUT2D eigenvalue weighted by atomic mass is 9.88. The normalized spacial score (nSPS) is 16.1. The number of esters is 1. The molecule has 1 fully saturated rings. The Bertz CT molecular complexity index is 1090. The van der Waals surface area contributed by atoms with E-state index in [1.54, 1.807) is 0 Å². The molecule has 2 heterocycles. The second-order valence-electron chi connectivity index (χ2n) is 8.85. The molecule has 3 aromatic carbocycles. The van der Waals surface area contributed by atoms with Crippen LogP contribution in [-0.4, -0.2) is 32.3 Å². The van der Waals surface area contributed by atoms with Gasteiger partial charge in [0.25, 0.3) is 0 Å². The van der Waals surface area contributed by atoms with E-state index in [1.807, 2.05) is 36.4 Å². The Morgan fingerprint density at radius 2 is 1.70 bits per heavy atom. The van der Waals surface area contributed by atoms with Gasteiger partial charge in [0.2, 0.25) is 0 Å². The Balaban J connectivity index is 1.11. The van der Waals surface area contributed by atoms with Gasteiger partial charge in [-0.15, -0.1) is 0 Å². The van der Waals surface area contributed by atoms with Gasteiger partial charge in [-0.2, -0.15) is 0 Å². The Hall–Kier alpha value is -3.47. The summed E-state index contributed by atoms with van der Waals surface area (Å²) in [6.07, 6.45) is 0.382. The van der Waals surface area contributed by atoms with Crippen LogP contribution in [0.3, 0.4) is 0 Å². The third-order valence-electron chi connectivity index (χ3n) is 6.46. The maximum Gasteiger partial charge on any atom is 0.306 e. The summed E-state index contributed by atoms with van der Waals surface area (Å²) in [5, 5.41) is 0. The summed E-state index contributed by atoms with van der Waals surface area (Å²) in [6, 6.07) is 24.7. The van der Waals surface area contributed by atoms with Gasteiger partial charge in [0.15, 0.2) is 11.5 Å². The highest BCUT2D eigenvalue weighted by atomic mass is 16.6. The monoisotopic (exact) mass is 443 g/mol. The molecule has 5 nitrogen and oxygen atoms in total. The van der Waals surface area contributed by atoms with Crippen molar-refractivity contribution in [2.75, 3.05) is 31.2 Å². The van der Waals surface area contributed by atoms with E-state index < -0.39 is 0 Å². The molecule has 5 rings (SSSR count). The van der Waals surface area contributed by atoms with Crippen LogP contribution in [0, 0.1) is 0 Å². The van der Waals surface area contributed by atoms with Gasteiger partial charge in [-0.1, -0.05) is 61.5 Å². The van der Waals surface area contributed by atoms with Crippen LogP contribution in [0.2, 0.25) is 0 Å². The second-order valence-corrected chi connectivity index (χ2v) is 8.85. The van der Waals surface area contributed by atoms with E-state index in [2.05, 4.69) is 48.2 Å². The van der Waals surface area contributed by atoms with Gasteiger partial charge < -0.3 is 19.1 Å². The number of ether oxygens (including phenoxy) is 3. The lowest BCUT2D eigenvalue weighted by Crippen LogP contribution is -2.45. The molecule has 3 aromatic rings. The van der Waals surface area contributed by atoms with E-state index in [0.29, 0.717) is 32.2 Å². The van der Waals surface area contributed by atoms with E-state index >= 15 is 0 Å². The first kappa shape index (κ1) is 21.4. The zero-order valence-electron chi connectivity index (χ0n) is 18.9. The zero-order chi connectivity index (χ0) is 22.6. The highest BCUT2D eigenvalue weighted by molar-refractivity contribution is 5.70. The predicted molar refractivity (Wildman–Crippen MR) is 128 cm³/mol. The van der Waals surface area contributed by atoms with Crippen LogP contribution in [0.1, 0.15) is 41.9 Å². The van der Waals surface area contributed by atoms with Crippen LogP contribution >= 0.6 is 0 Å². The minimum Gasteiger partial charge on any atom is -0.486 e. The number of hydrogen-bond acceptors (Lipinski definition) is 5. The highest BCUT2D eigenvalue weighted by Gasteiger charge is 2.29. The molecule has 0 amide bonds. The standard InChI is InChI=1S/C28H29NO4/c1-20(15-28(30)33-19-21-5-3-2-4-6-21)22-7-9-23(10-8-22)24-17-29(18-24)25-11-12-26-27(16-25)32-14-13-31-26/h2-12,16,20,24H,13-15,17-19H2,1H3/t20-/m1/s1. The fraction of sp³-hybridized carbons (Fsp3) is 0.321. The number of rotatable bonds is 7. The number of hydrogen-bond donors (Lipinski definition) is 0. The number of fused-ring (bicyclic) bond motifs is 1. The molecule has 0 N–H and O–H groups in total. The molecule has 0 spiro atoms. The van der Waals surface area contributed by atoms with E-state index in [9.17, 15) is 4.79 Å². The molecular formula is C28H29NO4. The summed E-state index contributed by atoms with van der Waals surface area (Å²) in [6.45, 7) is 5.59. The minimum absolute atomic E-state index is 0.123. The maximum absolute atomic E-state index is 12.2. The molecule has 1 atom stereocenters. The second kappa shape index (κ2) is 9.57. The smallest absolute Gasteiger partial charge is 0.306 e. The third kappa shape index (κ3) is 4.98. The molecule has 2 aliphatic rings. The van der Waals surface area contributed by atoms with Gasteiger partial charge in [0, 0.05) is 30.8 Å². The number of carbonyl (C=O) groups excluding carboxylic acids is 1. The van der Waals surface area contributed by atoms with Crippen LogP contribution in [0.25, 0.3) is 0 Å². The molecule has 2 aliphatic heterocycles. The van der Waals surface area contributed by atoms with Gasteiger partial charge in [0.05, 0.1) is 6.42 Å². The molecule has 0 aromatic heterocycles. The third-order valence-corrected chi connectivity index (χ3v) is 6.46. The van der Waals surface area contributed by atoms with Gasteiger partial charge in [-0.3, -0.25) is 4.79 Å². The summed E-state index contributed by atoms with van der Waals surface area (Å²) in [5.74, 6) is 2.14. The van der Waals surface area contributed by atoms with Crippen molar-refractivity contribution in [2.45, 2.75) is 31.8 Å². The van der Waals surface area contributed by atoms with Gasteiger partial charge in [0.1, 0.15) is 19.8 Å². The fourth-order valence-electron chi connectivity index (χ4n) is 4.39. The van der Waals surface area contributed by atoms with Gasteiger partial charge >= 0.3 is 5.97 Å². The van der Waals surface area contributed by atoms with Crippen molar-refractivity contribution in [3.8, 4) is 11.5 Å². The molecular weight excluding hydrogens is 414 g/mol. The Labute approximate surface area is 194 Å². The first-order valence-corrected chi connectivity index (χ1v) is 11.6. The number of nitrogens with zero attached hydrogens (tertiary/aromatic N) is 1. The maximum atomic E-state index is 12.2. The van der Waals surface area contributed by atoms with Crippen LogP contribution < -0.4 is 14.4 Å². The molecule has 0 bridgehead atoms. The predicted octanol–water partition coefficient (Wildman–Crippen LogP) is 5.30.